The lowest BCUT2D eigenvalue weighted by Gasteiger charge is -2.10. The van der Waals surface area contributed by atoms with E-state index in [0.717, 1.165) is 30.7 Å². The van der Waals surface area contributed by atoms with Gasteiger partial charge in [0.15, 0.2) is 0 Å². The van der Waals surface area contributed by atoms with E-state index < -0.39 is 0 Å². The molecule has 0 amide bonds. The first-order valence-corrected chi connectivity index (χ1v) is 8.29. The highest BCUT2D eigenvalue weighted by molar-refractivity contribution is 9.10. The summed E-state index contributed by atoms with van der Waals surface area (Å²) in [7, 11) is 1.62. The second-order valence-electron chi connectivity index (χ2n) is 4.59. The van der Waals surface area contributed by atoms with Gasteiger partial charge in [-0.25, -0.2) is 4.39 Å². The number of thiophene rings is 1. The molecule has 1 nitrogen and oxygen atoms in total. The molecular weight excluding hydrogens is 375 g/mol. The van der Waals surface area contributed by atoms with Crippen molar-refractivity contribution in [3.05, 3.63) is 63.2 Å². The second kappa shape index (κ2) is 5.95. The van der Waals surface area contributed by atoms with Gasteiger partial charge in [-0.3, -0.25) is 0 Å². The normalized spacial score (nSPS) is 12.6. The molecule has 1 atom stereocenters. The fourth-order valence-electron chi connectivity index (χ4n) is 2.15. The van der Waals surface area contributed by atoms with Gasteiger partial charge in [-0.2, -0.15) is 0 Å². The first-order chi connectivity index (χ1) is 10.1. The average Bonchev–Trinajstić information content (AvgIpc) is 2.89. The zero-order valence-corrected chi connectivity index (χ0v) is 14.2. The van der Waals surface area contributed by atoms with Crippen LogP contribution in [0, 0.1) is 5.82 Å². The summed E-state index contributed by atoms with van der Waals surface area (Å²) >= 11 is 11.5. The van der Waals surface area contributed by atoms with Crippen LogP contribution in [-0.2, 0) is 0 Å². The Bertz CT molecular complexity index is 802. The Morgan fingerprint density at radius 2 is 2.00 bits per heavy atom. The number of ether oxygens (including phenoxy) is 1. The number of fused-ring (bicyclic) bond motifs is 1. The largest absolute Gasteiger partial charge is 0.496 e. The van der Waals surface area contributed by atoms with Gasteiger partial charge in [0.1, 0.15) is 11.6 Å². The molecule has 0 saturated heterocycles. The molecule has 1 aromatic heterocycles. The summed E-state index contributed by atoms with van der Waals surface area (Å²) in [6, 6.07) is 12.5. The van der Waals surface area contributed by atoms with E-state index in [2.05, 4.69) is 15.9 Å². The van der Waals surface area contributed by atoms with Crippen molar-refractivity contribution in [3.63, 3.8) is 0 Å². The predicted molar refractivity (Wildman–Crippen MR) is 90.2 cm³/mol. The lowest BCUT2D eigenvalue weighted by atomic mass is 10.1. The fourth-order valence-corrected chi connectivity index (χ4v) is 4.14. The Hall–Kier alpha value is -1.10. The first-order valence-electron chi connectivity index (χ1n) is 6.25. The van der Waals surface area contributed by atoms with E-state index >= 15 is 0 Å². The SMILES string of the molecule is COc1ccc(C(Cl)c2cc3ccc(F)cc3s2)cc1Br. The van der Waals surface area contributed by atoms with E-state index in [1.165, 1.54) is 23.5 Å². The van der Waals surface area contributed by atoms with Gasteiger partial charge in [-0.1, -0.05) is 12.1 Å². The van der Waals surface area contributed by atoms with Crippen LogP contribution in [0.25, 0.3) is 10.1 Å². The lowest BCUT2D eigenvalue weighted by molar-refractivity contribution is 0.412. The van der Waals surface area contributed by atoms with Crippen molar-refractivity contribution in [2.24, 2.45) is 0 Å². The molecule has 1 heterocycles. The topological polar surface area (TPSA) is 9.23 Å². The van der Waals surface area contributed by atoms with Crippen LogP contribution < -0.4 is 4.74 Å². The summed E-state index contributed by atoms with van der Waals surface area (Å²) in [4.78, 5) is 0.995. The predicted octanol–water partition coefficient (Wildman–Crippen LogP) is 6.14. The molecule has 0 saturated carbocycles. The number of alkyl halides is 1. The summed E-state index contributed by atoms with van der Waals surface area (Å²) in [5.41, 5.74) is 0.969. The zero-order valence-electron chi connectivity index (χ0n) is 11.1. The Balaban J connectivity index is 1.99. The number of methoxy groups -OCH3 is 1. The van der Waals surface area contributed by atoms with E-state index in [9.17, 15) is 4.39 Å². The molecule has 0 N–H and O–H groups in total. The minimum absolute atomic E-state index is 0.228. The summed E-state index contributed by atoms with van der Waals surface area (Å²) in [5, 5.41) is 0.738. The highest BCUT2D eigenvalue weighted by atomic mass is 79.9. The Kier molecular flexibility index (Phi) is 4.20. The van der Waals surface area contributed by atoms with E-state index in [1.54, 1.807) is 13.2 Å². The maximum atomic E-state index is 13.3. The molecule has 21 heavy (non-hydrogen) atoms. The van der Waals surface area contributed by atoms with E-state index in [1.807, 2.05) is 24.3 Å². The van der Waals surface area contributed by atoms with Gasteiger partial charge in [0.25, 0.3) is 0 Å². The first kappa shape index (κ1) is 14.8. The number of hydrogen-bond donors (Lipinski definition) is 0. The molecule has 108 valence electrons. The van der Waals surface area contributed by atoms with Crippen molar-refractivity contribution >= 4 is 49.0 Å². The Morgan fingerprint density at radius 3 is 2.71 bits per heavy atom. The van der Waals surface area contributed by atoms with Crippen LogP contribution in [0.1, 0.15) is 15.8 Å². The van der Waals surface area contributed by atoms with Crippen molar-refractivity contribution in [1.29, 1.82) is 0 Å². The molecule has 0 bridgehead atoms. The second-order valence-corrected chi connectivity index (χ2v) is 6.99. The van der Waals surface area contributed by atoms with Crippen molar-refractivity contribution in [2.45, 2.75) is 5.38 Å². The summed E-state index contributed by atoms with van der Waals surface area (Å²) in [5.74, 6) is 0.537. The van der Waals surface area contributed by atoms with E-state index in [-0.39, 0.29) is 11.2 Å². The monoisotopic (exact) mass is 384 g/mol. The quantitative estimate of drug-likeness (QED) is 0.492. The zero-order chi connectivity index (χ0) is 15.0. The van der Waals surface area contributed by atoms with Crippen LogP contribution in [0.2, 0.25) is 0 Å². The van der Waals surface area contributed by atoms with Gasteiger partial charge >= 0.3 is 0 Å². The van der Waals surface area contributed by atoms with Crippen LogP contribution in [-0.4, -0.2) is 7.11 Å². The molecule has 0 fully saturated rings. The maximum absolute atomic E-state index is 13.3. The van der Waals surface area contributed by atoms with Crippen LogP contribution in [0.15, 0.2) is 46.9 Å². The van der Waals surface area contributed by atoms with Crippen molar-refractivity contribution in [2.75, 3.05) is 7.11 Å². The Labute approximate surface area is 139 Å². The highest BCUT2D eigenvalue weighted by Crippen LogP contribution is 2.39. The maximum Gasteiger partial charge on any atom is 0.133 e. The summed E-state index contributed by atoms with van der Waals surface area (Å²) < 4.78 is 20.2. The molecule has 0 aliphatic carbocycles. The molecule has 1 unspecified atom stereocenters. The third-order valence-corrected chi connectivity index (χ3v) is 5.62. The number of rotatable bonds is 3. The van der Waals surface area contributed by atoms with Gasteiger partial charge in [0, 0.05) is 9.58 Å². The summed E-state index contributed by atoms with van der Waals surface area (Å²) in [6.07, 6.45) is 0. The standard InChI is InChI=1S/C16H11BrClFOS/c1-20-13-5-3-10(6-12(13)17)16(18)15-7-9-2-4-11(19)8-14(9)21-15/h2-8,16H,1H3. The van der Waals surface area contributed by atoms with Crippen LogP contribution in [0.4, 0.5) is 4.39 Å². The molecule has 2 aromatic carbocycles. The molecule has 0 spiro atoms. The third kappa shape index (κ3) is 2.93. The van der Waals surface area contributed by atoms with Gasteiger partial charge in [0.2, 0.25) is 0 Å². The molecule has 3 rings (SSSR count). The molecule has 5 heteroatoms. The molecule has 0 radical (unpaired) electrons. The van der Waals surface area contributed by atoms with Gasteiger partial charge in [-0.15, -0.1) is 22.9 Å². The molecule has 0 aliphatic rings. The summed E-state index contributed by atoms with van der Waals surface area (Å²) in [6.45, 7) is 0. The number of halogens is 3. The lowest BCUT2D eigenvalue weighted by Crippen LogP contribution is -1.92. The average molecular weight is 386 g/mol. The number of hydrogen-bond acceptors (Lipinski definition) is 2. The van der Waals surface area contributed by atoms with Crippen molar-refractivity contribution < 1.29 is 9.13 Å². The number of benzene rings is 2. The van der Waals surface area contributed by atoms with E-state index in [4.69, 9.17) is 16.3 Å². The Morgan fingerprint density at radius 1 is 1.19 bits per heavy atom. The highest BCUT2D eigenvalue weighted by Gasteiger charge is 2.16. The third-order valence-electron chi connectivity index (χ3n) is 3.22. The smallest absolute Gasteiger partial charge is 0.133 e. The van der Waals surface area contributed by atoms with Gasteiger partial charge < -0.3 is 4.74 Å². The van der Waals surface area contributed by atoms with Crippen LogP contribution >= 0.6 is 38.9 Å². The molecule has 3 aromatic rings. The van der Waals surface area contributed by atoms with Crippen LogP contribution in [0.5, 0.6) is 5.75 Å². The molecule has 0 aliphatic heterocycles. The minimum atomic E-state index is -0.271. The van der Waals surface area contributed by atoms with E-state index in [0.29, 0.717) is 0 Å². The minimum Gasteiger partial charge on any atom is -0.496 e. The fraction of sp³-hybridized carbons (Fsp3) is 0.125. The molecular formula is C16H11BrClFOS. The van der Waals surface area contributed by atoms with Crippen molar-refractivity contribution in [3.8, 4) is 5.75 Å². The van der Waals surface area contributed by atoms with Crippen molar-refractivity contribution in [1.82, 2.24) is 0 Å². The van der Waals surface area contributed by atoms with Gasteiger partial charge in [-0.05, 0) is 57.2 Å². The van der Waals surface area contributed by atoms with Crippen LogP contribution in [0.3, 0.4) is 0 Å². The van der Waals surface area contributed by atoms with Gasteiger partial charge in [0.05, 0.1) is 17.0 Å².